The van der Waals surface area contributed by atoms with Gasteiger partial charge in [0, 0.05) is 31.6 Å². The van der Waals surface area contributed by atoms with Crippen LogP contribution in [0.1, 0.15) is 19.4 Å². The SMILES string of the molecule is CC(=O)N(NCc1cccc(F)c1Cl)[C@@H](CNC(=O)C(C)(CO)CO)COC(=O)Nc1cc2ccccc2cn1. The molecule has 0 unspecified atom stereocenters. The minimum absolute atomic E-state index is 0.0567. The van der Waals surface area contributed by atoms with E-state index < -0.39 is 48.4 Å². The van der Waals surface area contributed by atoms with Crippen LogP contribution in [-0.4, -0.2) is 70.5 Å². The first kappa shape index (κ1) is 30.7. The highest BCUT2D eigenvalue weighted by Crippen LogP contribution is 2.20. The molecule has 40 heavy (non-hydrogen) atoms. The van der Waals surface area contributed by atoms with Gasteiger partial charge in [0.05, 0.1) is 29.7 Å². The van der Waals surface area contributed by atoms with E-state index in [-0.39, 0.29) is 30.5 Å². The third-order valence-electron chi connectivity index (χ3n) is 6.19. The Labute approximate surface area is 235 Å². The number of aromatic nitrogens is 1. The second-order valence-corrected chi connectivity index (χ2v) is 9.70. The Morgan fingerprint density at radius 2 is 1.82 bits per heavy atom. The van der Waals surface area contributed by atoms with Crippen LogP contribution >= 0.6 is 11.6 Å². The summed E-state index contributed by atoms with van der Waals surface area (Å²) in [6.07, 6.45) is 0.744. The fourth-order valence-electron chi connectivity index (χ4n) is 3.66. The van der Waals surface area contributed by atoms with E-state index in [0.29, 0.717) is 5.56 Å². The molecule has 0 aliphatic rings. The number of hydrazine groups is 1. The van der Waals surface area contributed by atoms with Gasteiger partial charge in [-0.1, -0.05) is 48.0 Å². The maximum atomic E-state index is 13.9. The van der Waals surface area contributed by atoms with E-state index in [0.717, 1.165) is 15.8 Å². The Kier molecular flexibility index (Phi) is 10.7. The number of aliphatic hydroxyl groups excluding tert-OH is 2. The van der Waals surface area contributed by atoms with Gasteiger partial charge in [-0.25, -0.2) is 19.6 Å². The van der Waals surface area contributed by atoms with E-state index in [1.807, 2.05) is 24.3 Å². The first-order valence-electron chi connectivity index (χ1n) is 12.3. The average molecular weight is 576 g/mol. The van der Waals surface area contributed by atoms with Crippen molar-refractivity contribution in [3.05, 3.63) is 71.1 Å². The van der Waals surface area contributed by atoms with Gasteiger partial charge in [0.15, 0.2) is 0 Å². The fraction of sp³-hybridized carbons (Fsp3) is 0.333. The smallest absolute Gasteiger partial charge is 0.412 e. The first-order chi connectivity index (χ1) is 19.1. The Morgan fingerprint density at radius 1 is 1.12 bits per heavy atom. The lowest BCUT2D eigenvalue weighted by atomic mass is 9.92. The van der Waals surface area contributed by atoms with Crippen LogP contribution < -0.4 is 16.1 Å². The van der Waals surface area contributed by atoms with Crippen LogP contribution in [0.3, 0.4) is 0 Å². The summed E-state index contributed by atoms with van der Waals surface area (Å²) < 4.78 is 19.2. The maximum absolute atomic E-state index is 13.9. The van der Waals surface area contributed by atoms with Crippen LogP contribution in [0.5, 0.6) is 0 Å². The van der Waals surface area contributed by atoms with Crippen molar-refractivity contribution in [3.8, 4) is 0 Å². The van der Waals surface area contributed by atoms with E-state index in [4.69, 9.17) is 16.3 Å². The molecule has 11 nitrogen and oxygen atoms in total. The number of fused-ring (bicyclic) bond motifs is 1. The number of amides is 3. The summed E-state index contributed by atoms with van der Waals surface area (Å²) in [5, 5.41) is 26.9. The summed E-state index contributed by atoms with van der Waals surface area (Å²) in [5.41, 5.74) is 1.73. The molecule has 0 bridgehead atoms. The quantitative estimate of drug-likeness (QED) is 0.207. The molecular formula is C27H31ClFN5O6. The Morgan fingerprint density at radius 3 is 2.50 bits per heavy atom. The molecule has 3 rings (SSSR count). The second-order valence-electron chi connectivity index (χ2n) is 9.32. The third kappa shape index (κ3) is 7.85. The van der Waals surface area contributed by atoms with Crippen molar-refractivity contribution in [2.45, 2.75) is 26.4 Å². The van der Waals surface area contributed by atoms with Crippen molar-refractivity contribution < 1.29 is 33.7 Å². The van der Waals surface area contributed by atoms with Crippen molar-refractivity contribution in [1.82, 2.24) is 20.7 Å². The van der Waals surface area contributed by atoms with Gasteiger partial charge in [0.25, 0.3) is 0 Å². The molecule has 0 saturated heterocycles. The Balaban J connectivity index is 1.74. The normalized spacial score (nSPS) is 12.1. The molecule has 13 heteroatoms. The molecule has 5 N–H and O–H groups in total. The van der Waals surface area contributed by atoms with Crippen LogP contribution in [0, 0.1) is 11.2 Å². The van der Waals surface area contributed by atoms with E-state index in [1.165, 1.54) is 26.0 Å². The molecule has 3 amide bonds. The minimum Gasteiger partial charge on any atom is -0.447 e. The number of pyridine rings is 1. The standard InChI is InChI=1S/C27H31ClFN5O6/c1-17(37)34(32-12-20-8-5-9-22(29)24(20)28)21(13-31-25(38)27(2,15-35)16-36)14-40-26(39)33-23-10-18-6-3-4-7-19(18)11-30-23/h3-11,21,32,35-36H,12-16H2,1-2H3,(H,31,38)(H,30,33,39)/t21-/m0/s1. The molecule has 0 spiro atoms. The highest BCUT2D eigenvalue weighted by molar-refractivity contribution is 6.31. The van der Waals surface area contributed by atoms with Crippen molar-refractivity contribution in [1.29, 1.82) is 0 Å². The highest BCUT2D eigenvalue weighted by Gasteiger charge is 2.33. The first-order valence-corrected chi connectivity index (χ1v) is 12.7. The minimum atomic E-state index is -1.48. The molecule has 0 aliphatic heterocycles. The fourth-order valence-corrected chi connectivity index (χ4v) is 3.85. The van der Waals surface area contributed by atoms with Crippen molar-refractivity contribution in [2.75, 3.05) is 31.7 Å². The number of benzene rings is 2. The van der Waals surface area contributed by atoms with Crippen molar-refractivity contribution >= 4 is 46.1 Å². The molecule has 1 heterocycles. The molecule has 0 fully saturated rings. The van der Waals surface area contributed by atoms with Gasteiger partial charge in [0.1, 0.15) is 18.2 Å². The summed E-state index contributed by atoms with van der Waals surface area (Å²) >= 11 is 6.03. The van der Waals surface area contributed by atoms with E-state index in [1.54, 1.807) is 18.3 Å². The Hall–Kier alpha value is -3.84. The monoisotopic (exact) mass is 575 g/mol. The number of anilines is 1. The average Bonchev–Trinajstić information content (AvgIpc) is 2.95. The molecular weight excluding hydrogens is 545 g/mol. The number of ether oxygens (including phenoxy) is 1. The van der Waals surface area contributed by atoms with Crippen LogP contribution in [-0.2, 0) is 20.9 Å². The van der Waals surface area contributed by atoms with Crippen LogP contribution in [0.2, 0.25) is 5.02 Å². The van der Waals surface area contributed by atoms with Crippen LogP contribution in [0.25, 0.3) is 10.8 Å². The molecule has 2 aromatic carbocycles. The summed E-state index contributed by atoms with van der Waals surface area (Å²) in [6.45, 7) is 0.718. The lowest BCUT2D eigenvalue weighted by Crippen LogP contribution is -2.56. The van der Waals surface area contributed by atoms with Gasteiger partial charge in [-0.05, 0) is 30.0 Å². The third-order valence-corrected chi connectivity index (χ3v) is 6.61. The predicted molar refractivity (Wildman–Crippen MR) is 147 cm³/mol. The molecule has 1 aromatic heterocycles. The number of rotatable bonds is 12. The van der Waals surface area contributed by atoms with Crippen LogP contribution in [0.4, 0.5) is 15.0 Å². The van der Waals surface area contributed by atoms with Crippen molar-refractivity contribution in [2.24, 2.45) is 5.41 Å². The second kappa shape index (κ2) is 14.0. The maximum Gasteiger partial charge on any atom is 0.412 e. The van der Waals surface area contributed by atoms with Gasteiger partial charge in [-0.15, -0.1) is 0 Å². The van der Waals surface area contributed by atoms with Gasteiger partial charge in [-0.3, -0.25) is 19.9 Å². The van der Waals surface area contributed by atoms with Gasteiger partial charge >= 0.3 is 6.09 Å². The zero-order chi connectivity index (χ0) is 29.3. The number of hydrogen-bond donors (Lipinski definition) is 5. The number of nitrogens with one attached hydrogen (secondary N) is 3. The molecule has 214 valence electrons. The number of carbonyl (C=O) groups is 3. The molecule has 0 saturated carbocycles. The molecule has 0 aliphatic carbocycles. The number of carbonyl (C=O) groups excluding carboxylic acids is 3. The van der Waals surface area contributed by atoms with Gasteiger partial charge < -0.3 is 20.3 Å². The zero-order valence-corrected chi connectivity index (χ0v) is 22.7. The van der Waals surface area contributed by atoms with Gasteiger partial charge in [-0.2, -0.15) is 0 Å². The van der Waals surface area contributed by atoms with E-state index in [2.05, 4.69) is 21.0 Å². The summed E-state index contributed by atoms with van der Waals surface area (Å²) in [5.74, 6) is -1.56. The summed E-state index contributed by atoms with van der Waals surface area (Å²) in [7, 11) is 0. The summed E-state index contributed by atoms with van der Waals surface area (Å²) in [6, 6.07) is 12.4. The lowest BCUT2D eigenvalue weighted by Gasteiger charge is -2.32. The largest absolute Gasteiger partial charge is 0.447 e. The number of halogens is 2. The highest BCUT2D eigenvalue weighted by atomic mass is 35.5. The predicted octanol–water partition coefficient (Wildman–Crippen LogP) is 2.60. The summed E-state index contributed by atoms with van der Waals surface area (Å²) in [4.78, 5) is 42.0. The molecule has 3 aromatic rings. The Bertz CT molecular complexity index is 1360. The molecule has 1 atom stereocenters. The lowest BCUT2D eigenvalue weighted by molar-refractivity contribution is -0.139. The number of nitrogens with zero attached hydrogens (tertiary/aromatic N) is 2. The number of aliphatic hydroxyl groups is 2. The van der Waals surface area contributed by atoms with Crippen LogP contribution in [0.15, 0.2) is 54.7 Å². The zero-order valence-electron chi connectivity index (χ0n) is 22.0. The van der Waals surface area contributed by atoms with Crippen molar-refractivity contribution in [3.63, 3.8) is 0 Å². The van der Waals surface area contributed by atoms with E-state index in [9.17, 15) is 29.0 Å². The number of hydrogen-bond acceptors (Lipinski definition) is 8. The molecule has 0 radical (unpaired) electrons. The van der Waals surface area contributed by atoms with E-state index >= 15 is 0 Å². The van der Waals surface area contributed by atoms with Gasteiger partial charge in [0.2, 0.25) is 11.8 Å². The topological polar surface area (TPSA) is 153 Å².